The summed E-state index contributed by atoms with van der Waals surface area (Å²) in [6, 6.07) is 0. The standard InChI is InChI=1S/C17H31N/c1-16(2,3)13-12-15(18-17(4,5)6)14-10-8-7-9-11-14/h12-14H,7-11H2,1-6H3/b13-12-,18-15?/i14D. The van der Waals surface area contributed by atoms with Crippen LogP contribution in [0, 0.1) is 11.3 Å². The lowest BCUT2D eigenvalue weighted by atomic mass is 9.84. The van der Waals surface area contributed by atoms with E-state index < -0.39 is 5.89 Å². The van der Waals surface area contributed by atoms with E-state index in [4.69, 9.17) is 6.36 Å². The quantitative estimate of drug-likeness (QED) is 0.581. The summed E-state index contributed by atoms with van der Waals surface area (Å²) in [6.45, 7) is 12.9. The normalized spacial score (nSPS) is 23.2. The molecule has 0 aromatic rings. The zero-order valence-electron chi connectivity index (χ0n) is 14.1. The lowest BCUT2D eigenvalue weighted by Crippen LogP contribution is -2.22. The number of hydrogen-bond donors (Lipinski definition) is 0. The Labute approximate surface area is 115 Å². The second-order valence-electron chi connectivity index (χ2n) is 7.53. The van der Waals surface area contributed by atoms with Crippen molar-refractivity contribution >= 4 is 5.71 Å². The molecular formula is C17H31N. The zero-order valence-corrected chi connectivity index (χ0v) is 13.1. The minimum absolute atomic E-state index is 0.108. The summed E-state index contributed by atoms with van der Waals surface area (Å²) in [5, 5.41) is 0. The topological polar surface area (TPSA) is 12.4 Å². The van der Waals surface area contributed by atoms with E-state index in [1.807, 2.05) is 0 Å². The Balaban J connectivity index is 3.06. The third-order valence-corrected chi connectivity index (χ3v) is 3.02. The highest BCUT2D eigenvalue weighted by atomic mass is 14.8. The van der Waals surface area contributed by atoms with E-state index in [2.05, 4.69) is 53.7 Å². The molecule has 0 atom stereocenters. The van der Waals surface area contributed by atoms with Gasteiger partial charge in [0.05, 0.1) is 5.54 Å². The predicted octanol–water partition coefficient (Wildman–Crippen LogP) is 5.41. The van der Waals surface area contributed by atoms with E-state index in [0.29, 0.717) is 0 Å². The molecule has 0 radical (unpaired) electrons. The molecule has 0 bridgehead atoms. The Hall–Kier alpha value is -0.590. The predicted molar refractivity (Wildman–Crippen MR) is 82.4 cm³/mol. The van der Waals surface area contributed by atoms with E-state index in [1.165, 1.54) is 6.42 Å². The van der Waals surface area contributed by atoms with E-state index >= 15 is 0 Å². The molecule has 1 saturated carbocycles. The highest BCUT2D eigenvalue weighted by Gasteiger charge is 2.20. The summed E-state index contributed by atoms with van der Waals surface area (Å²) in [6.07, 6.45) is 9.82. The van der Waals surface area contributed by atoms with Crippen molar-refractivity contribution in [1.82, 2.24) is 0 Å². The first-order chi connectivity index (χ1) is 8.52. The van der Waals surface area contributed by atoms with Gasteiger partial charge in [0, 0.05) is 13.0 Å². The van der Waals surface area contributed by atoms with Crippen LogP contribution >= 0.6 is 0 Å². The van der Waals surface area contributed by atoms with Gasteiger partial charge in [-0.15, -0.1) is 0 Å². The van der Waals surface area contributed by atoms with Crippen LogP contribution < -0.4 is 0 Å². The van der Waals surface area contributed by atoms with Crippen molar-refractivity contribution in [3.8, 4) is 0 Å². The maximum absolute atomic E-state index is 8.78. The van der Waals surface area contributed by atoms with Gasteiger partial charge in [0.1, 0.15) is 0 Å². The molecule has 1 aliphatic rings. The molecule has 0 spiro atoms. The summed E-state index contributed by atoms with van der Waals surface area (Å²) in [5.74, 6) is -0.465. The first kappa shape index (κ1) is 13.8. The molecule has 18 heavy (non-hydrogen) atoms. The summed E-state index contributed by atoms with van der Waals surface area (Å²) >= 11 is 0. The molecule has 1 aliphatic carbocycles. The van der Waals surface area contributed by atoms with E-state index in [0.717, 1.165) is 31.4 Å². The molecule has 1 heteroatoms. The Bertz CT molecular complexity index is 346. The monoisotopic (exact) mass is 250 g/mol. The number of rotatable bonds is 2. The molecule has 1 nitrogen and oxygen atoms in total. The third kappa shape index (κ3) is 6.37. The maximum atomic E-state index is 8.78. The van der Waals surface area contributed by atoms with Crippen LogP contribution in [0.5, 0.6) is 0 Å². The van der Waals surface area contributed by atoms with Gasteiger partial charge in [0.15, 0.2) is 0 Å². The maximum Gasteiger partial charge on any atom is 0.0527 e. The number of nitrogens with zero attached hydrogens (tertiary/aromatic N) is 1. The van der Waals surface area contributed by atoms with E-state index in [-0.39, 0.29) is 11.0 Å². The second-order valence-corrected chi connectivity index (χ2v) is 7.53. The van der Waals surface area contributed by atoms with Gasteiger partial charge >= 0.3 is 0 Å². The molecule has 0 N–H and O–H groups in total. The molecule has 0 unspecified atom stereocenters. The molecule has 0 heterocycles. The SMILES string of the molecule is [2H]C1(C(/C=C\C(C)(C)C)=NC(C)(C)C)CCCCC1. The van der Waals surface area contributed by atoms with Crippen molar-refractivity contribution < 1.29 is 1.37 Å². The highest BCUT2D eigenvalue weighted by molar-refractivity contribution is 5.97. The van der Waals surface area contributed by atoms with Gasteiger partial charge < -0.3 is 0 Å². The van der Waals surface area contributed by atoms with Crippen molar-refractivity contribution in [3.05, 3.63) is 12.2 Å². The van der Waals surface area contributed by atoms with Gasteiger partial charge in [-0.05, 0) is 45.1 Å². The average molecular weight is 250 g/mol. The lowest BCUT2D eigenvalue weighted by Gasteiger charge is -2.25. The minimum atomic E-state index is -0.465. The zero-order chi connectivity index (χ0) is 14.7. The first-order valence-corrected chi connectivity index (χ1v) is 7.32. The van der Waals surface area contributed by atoms with Crippen molar-refractivity contribution in [3.63, 3.8) is 0 Å². The molecule has 104 valence electrons. The fourth-order valence-corrected chi connectivity index (χ4v) is 2.16. The largest absolute Gasteiger partial charge is 0.284 e. The minimum Gasteiger partial charge on any atom is -0.284 e. The molecule has 1 fully saturated rings. The summed E-state index contributed by atoms with van der Waals surface area (Å²) < 4.78 is 8.78. The number of allylic oxidation sites excluding steroid dienone is 2. The van der Waals surface area contributed by atoms with Crippen LogP contribution in [0.15, 0.2) is 17.1 Å². The van der Waals surface area contributed by atoms with Crippen molar-refractivity contribution in [1.29, 1.82) is 0 Å². The molecular weight excluding hydrogens is 218 g/mol. The van der Waals surface area contributed by atoms with Gasteiger partial charge in [0.25, 0.3) is 0 Å². The van der Waals surface area contributed by atoms with Crippen LogP contribution in [0.3, 0.4) is 0 Å². The van der Waals surface area contributed by atoms with Crippen LogP contribution in [-0.4, -0.2) is 11.3 Å². The Morgan fingerprint density at radius 1 is 1.06 bits per heavy atom. The summed E-state index contributed by atoms with van der Waals surface area (Å²) in [4.78, 5) is 4.85. The van der Waals surface area contributed by atoms with Crippen LogP contribution in [0.25, 0.3) is 0 Å². The van der Waals surface area contributed by atoms with Crippen molar-refractivity contribution in [2.24, 2.45) is 16.3 Å². The Morgan fingerprint density at radius 3 is 2.06 bits per heavy atom. The summed E-state index contributed by atoms with van der Waals surface area (Å²) in [5.41, 5.74) is 1.02. The third-order valence-electron chi connectivity index (χ3n) is 3.02. The van der Waals surface area contributed by atoms with Crippen molar-refractivity contribution in [2.45, 2.75) is 79.2 Å². The fourth-order valence-electron chi connectivity index (χ4n) is 2.16. The van der Waals surface area contributed by atoms with E-state index in [9.17, 15) is 0 Å². The van der Waals surface area contributed by atoms with Crippen LogP contribution in [0.4, 0.5) is 0 Å². The lowest BCUT2D eigenvalue weighted by molar-refractivity contribution is 0.435. The molecule has 1 rings (SSSR count). The van der Waals surface area contributed by atoms with E-state index in [1.54, 1.807) is 0 Å². The average Bonchev–Trinajstić information content (AvgIpc) is 2.22. The molecule has 0 saturated heterocycles. The van der Waals surface area contributed by atoms with Crippen LogP contribution in [0.1, 0.15) is 75.0 Å². The fraction of sp³-hybridized carbons (Fsp3) is 0.824. The second kappa shape index (κ2) is 6.04. The highest BCUT2D eigenvalue weighted by Crippen LogP contribution is 2.27. The molecule has 0 aliphatic heterocycles. The van der Waals surface area contributed by atoms with Gasteiger partial charge in [0.2, 0.25) is 0 Å². The van der Waals surface area contributed by atoms with Gasteiger partial charge in [-0.2, -0.15) is 0 Å². The smallest absolute Gasteiger partial charge is 0.0527 e. The van der Waals surface area contributed by atoms with Crippen LogP contribution in [-0.2, 0) is 0 Å². The summed E-state index contributed by atoms with van der Waals surface area (Å²) in [7, 11) is 0. The van der Waals surface area contributed by atoms with Gasteiger partial charge in [-0.1, -0.05) is 46.1 Å². The molecule has 0 aromatic carbocycles. The van der Waals surface area contributed by atoms with Gasteiger partial charge in [-0.3, -0.25) is 4.99 Å². The first-order valence-electron chi connectivity index (χ1n) is 7.82. The Kier molecular flexibility index (Phi) is 4.64. The number of hydrogen-bond acceptors (Lipinski definition) is 1. The van der Waals surface area contributed by atoms with Gasteiger partial charge in [-0.25, -0.2) is 0 Å². The van der Waals surface area contributed by atoms with Crippen molar-refractivity contribution in [2.75, 3.05) is 0 Å². The molecule has 0 amide bonds. The number of aliphatic imine (C=N–C) groups is 1. The molecule has 0 aromatic heterocycles. The van der Waals surface area contributed by atoms with Crippen LogP contribution in [0.2, 0.25) is 0 Å². The Morgan fingerprint density at radius 2 is 1.61 bits per heavy atom.